The Morgan fingerprint density at radius 3 is 2.55 bits per heavy atom. The number of aromatic nitrogens is 1. The number of rotatable bonds is 1. The predicted molar refractivity (Wildman–Crippen MR) is 46.3 cm³/mol. The summed E-state index contributed by atoms with van der Waals surface area (Å²) in [5, 5.41) is 2.11. The van der Waals surface area contributed by atoms with Gasteiger partial charge in [0.05, 0.1) is 5.38 Å². The van der Waals surface area contributed by atoms with Crippen molar-refractivity contribution in [3.63, 3.8) is 0 Å². The topological polar surface area (TPSA) is 14.1 Å². The lowest BCUT2D eigenvalue weighted by molar-refractivity contribution is -0.357. The molecule has 0 aliphatic carbocycles. The van der Waals surface area contributed by atoms with Gasteiger partial charge in [0.25, 0.3) is 0 Å². The standard InChI is InChI=1S/C9H7NS/c1-2-4-8(5-3-1)9-6-11-7-10-9/h1-7H/p+1. The number of nitrogens with one attached hydrogen (secondary N) is 1. The average Bonchev–Trinajstić information content (AvgIpc) is 2.58. The molecule has 1 aromatic carbocycles. The summed E-state index contributed by atoms with van der Waals surface area (Å²) in [7, 11) is 0. The van der Waals surface area contributed by atoms with Gasteiger partial charge >= 0.3 is 0 Å². The maximum absolute atomic E-state index is 3.17. The Morgan fingerprint density at radius 1 is 1.09 bits per heavy atom. The first-order valence-electron chi connectivity index (χ1n) is 3.46. The van der Waals surface area contributed by atoms with Crippen molar-refractivity contribution in [1.82, 2.24) is 0 Å². The number of benzene rings is 1. The summed E-state index contributed by atoms with van der Waals surface area (Å²) in [4.78, 5) is 3.17. The quantitative estimate of drug-likeness (QED) is 0.610. The van der Waals surface area contributed by atoms with Gasteiger partial charge in [-0.3, -0.25) is 0 Å². The lowest BCUT2D eigenvalue weighted by Crippen LogP contribution is -1.97. The van der Waals surface area contributed by atoms with Crippen molar-refractivity contribution in [3.8, 4) is 11.3 Å². The third-order valence-corrected chi connectivity index (χ3v) is 2.18. The van der Waals surface area contributed by atoms with Gasteiger partial charge in [-0.05, 0) is 12.1 Å². The molecule has 0 unspecified atom stereocenters. The first-order chi connectivity index (χ1) is 5.47. The van der Waals surface area contributed by atoms with Crippen molar-refractivity contribution in [2.45, 2.75) is 0 Å². The van der Waals surface area contributed by atoms with Crippen LogP contribution in [0.1, 0.15) is 0 Å². The van der Waals surface area contributed by atoms with Crippen LogP contribution >= 0.6 is 11.3 Å². The second kappa shape index (κ2) is 2.84. The molecule has 1 nitrogen and oxygen atoms in total. The third-order valence-electron chi connectivity index (χ3n) is 1.55. The van der Waals surface area contributed by atoms with Crippen molar-refractivity contribution < 1.29 is 4.98 Å². The molecule has 0 atom stereocenters. The van der Waals surface area contributed by atoms with Gasteiger partial charge in [0.15, 0.2) is 0 Å². The van der Waals surface area contributed by atoms with Crippen LogP contribution in [-0.4, -0.2) is 0 Å². The summed E-state index contributed by atoms with van der Waals surface area (Å²) < 4.78 is 0. The maximum Gasteiger partial charge on any atom is 0.223 e. The fourth-order valence-electron chi connectivity index (χ4n) is 1.00. The van der Waals surface area contributed by atoms with Gasteiger partial charge in [-0.1, -0.05) is 29.5 Å². The second-order valence-electron chi connectivity index (χ2n) is 2.30. The molecular weight excluding hydrogens is 154 g/mol. The van der Waals surface area contributed by atoms with Crippen molar-refractivity contribution in [2.24, 2.45) is 0 Å². The largest absolute Gasteiger partial charge is 0.223 e. The first kappa shape index (κ1) is 6.55. The fraction of sp³-hybridized carbons (Fsp3) is 0. The van der Waals surface area contributed by atoms with Crippen LogP contribution in [0.5, 0.6) is 0 Å². The Hall–Kier alpha value is -1.15. The first-order valence-corrected chi connectivity index (χ1v) is 4.40. The molecule has 54 valence electrons. The van der Waals surface area contributed by atoms with Crippen LogP contribution in [0, 0.1) is 0 Å². The summed E-state index contributed by atoms with van der Waals surface area (Å²) in [5.41, 5.74) is 4.41. The molecule has 0 amide bonds. The zero-order chi connectivity index (χ0) is 7.52. The molecule has 11 heavy (non-hydrogen) atoms. The maximum atomic E-state index is 3.17. The van der Waals surface area contributed by atoms with Gasteiger partial charge in [0.2, 0.25) is 11.2 Å². The molecule has 2 rings (SSSR count). The Balaban J connectivity index is 2.46. The van der Waals surface area contributed by atoms with Gasteiger partial charge in [0, 0.05) is 5.56 Å². The summed E-state index contributed by atoms with van der Waals surface area (Å²) in [6, 6.07) is 10.3. The van der Waals surface area contributed by atoms with E-state index < -0.39 is 0 Å². The predicted octanol–water partition coefficient (Wildman–Crippen LogP) is 2.23. The van der Waals surface area contributed by atoms with E-state index in [1.54, 1.807) is 11.3 Å². The molecule has 0 saturated heterocycles. The third kappa shape index (κ3) is 1.30. The van der Waals surface area contributed by atoms with E-state index >= 15 is 0 Å². The van der Waals surface area contributed by atoms with Crippen LogP contribution in [0.15, 0.2) is 41.2 Å². The molecule has 0 aliphatic heterocycles. The van der Waals surface area contributed by atoms with Gasteiger partial charge in [-0.15, -0.1) is 0 Å². The van der Waals surface area contributed by atoms with Crippen LogP contribution in [0.25, 0.3) is 11.3 Å². The Morgan fingerprint density at radius 2 is 1.91 bits per heavy atom. The van der Waals surface area contributed by atoms with Gasteiger partial charge < -0.3 is 0 Å². The summed E-state index contributed by atoms with van der Waals surface area (Å²) in [6.45, 7) is 0. The Kier molecular flexibility index (Phi) is 1.69. The van der Waals surface area contributed by atoms with Crippen molar-refractivity contribution in [2.75, 3.05) is 0 Å². The molecule has 1 aromatic heterocycles. The van der Waals surface area contributed by atoms with E-state index in [1.165, 1.54) is 11.3 Å². The normalized spacial score (nSPS) is 9.82. The minimum Gasteiger partial charge on any atom is -0.201 e. The smallest absolute Gasteiger partial charge is 0.201 e. The van der Waals surface area contributed by atoms with E-state index in [0.29, 0.717) is 0 Å². The molecule has 0 fully saturated rings. The highest BCUT2D eigenvalue weighted by atomic mass is 32.1. The summed E-state index contributed by atoms with van der Waals surface area (Å²) in [6.07, 6.45) is 0. The Bertz CT molecular complexity index is 313. The number of hydrogen-bond acceptors (Lipinski definition) is 1. The number of thiazole rings is 1. The highest BCUT2D eigenvalue weighted by Crippen LogP contribution is 2.14. The molecule has 1 N–H and O–H groups in total. The zero-order valence-corrected chi connectivity index (χ0v) is 6.77. The number of hydrogen-bond donors (Lipinski definition) is 0. The molecule has 0 bridgehead atoms. The minimum atomic E-state index is 1.19. The molecule has 0 radical (unpaired) electrons. The highest BCUT2D eigenvalue weighted by molar-refractivity contribution is 7.07. The SMILES string of the molecule is c1ccc(-c2csc[nH+]2)cc1. The molecule has 2 heteroatoms. The average molecular weight is 162 g/mol. The van der Waals surface area contributed by atoms with Gasteiger partial charge in [0.1, 0.15) is 0 Å². The molecule has 2 aromatic rings. The van der Waals surface area contributed by atoms with E-state index in [1.807, 2.05) is 23.7 Å². The van der Waals surface area contributed by atoms with E-state index in [2.05, 4.69) is 22.5 Å². The molecular formula is C9H8NS+. The lowest BCUT2D eigenvalue weighted by Gasteiger charge is -1.87. The number of aromatic amines is 1. The molecule has 0 spiro atoms. The zero-order valence-electron chi connectivity index (χ0n) is 5.95. The molecule has 0 saturated carbocycles. The second-order valence-corrected chi connectivity index (χ2v) is 3.04. The van der Waals surface area contributed by atoms with Crippen LogP contribution in [-0.2, 0) is 0 Å². The molecule has 0 aliphatic rings. The lowest BCUT2D eigenvalue weighted by atomic mass is 10.2. The monoisotopic (exact) mass is 162 g/mol. The van der Waals surface area contributed by atoms with Crippen LogP contribution in [0.4, 0.5) is 0 Å². The van der Waals surface area contributed by atoms with E-state index in [0.717, 1.165) is 0 Å². The minimum absolute atomic E-state index is 1.19. The summed E-state index contributed by atoms with van der Waals surface area (Å²) in [5.74, 6) is 0. The molecule has 1 heterocycles. The van der Waals surface area contributed by atoms with Gasteiger partial charge in [-0.25, -0.2) is 4.98 Å². The number of H-pyrrole nitrogens is 1. The van der Waals surface area contributed by atoms with Crippen LogP contribution < -0.4 is 4.98 Å². The highest BCUT2D eigenvalue weighted by Gasteiger charge is 2.02. The van der Waals surface area contributed by atoms with Crippen molar-refractivity contribution in [1.29, 1.82) is 0 Å². The van der Waals surface area contributed by atoms with Crippen molar-refractivity contribution in [3.05, 3.63) is 41.2 Å². The van der Waals surface area contributed by atoms with E-state index in [-0.39, 0.29) is 0 Å². The van der Waals surface area contributed by atoms with E-state index in [4.69, 9.17) is 0 Å². The summed E-state index contributed by atoms with van der Waals surface area (Å²) >= 11 is 1.68. The van der Waals surface area contributed by atoms with Crippen molar-refractivity contribution >= 4 is 11.3 Å². The fourth-order valence-corrected chi connectivity index (χ4v) is 1.61. The van der Waals surface area contributed by atoms with Crippen LogP contribution in [0.2, 0.25) is 0 Å². The van der Waals surface area contributed by atoms with Crippen LogP contribution in [0.3, 0.4) is 0 Å². The Labute approximate surface area is 69.3 Å². The van der Waals surface area contributed by atoms with Gasteiger partial charge in [-0.2, -0.15) is 0 Å². The van der Waals surface area contributed by atoms with E-state index in [9.17, 15) is 0 Å².